The molecule has 3 nitrogen and oxygen atoms in total. The topological polar surface area (TPSA) is 37.8 Å². The Hall–Kier alpha value is -2.42. The Morgan fingerprint density at radius 2 is 1.82 bits per heavy atom. The van der Waals surface area contributed by atoms with Crippen LogP contribution in [0.4, 0.5) is 11.4 Å². The molecule has 17 heavy (non-hydrogen) atoms. The fraction of sp³-hybridized carbons (Fsp3) is 0. The minimum atomic E-state index is 0.982. The summed E-state index contributed by atoms with van der Waals surface area (Å²) in [6.07, 6.45) is 5.36. The van der Waals surface area contributed by atoms with Crippen LogP contribution in [0.2, 0.25) is 0 Å². The first kappa shape index (κ1) is 9.78. The molecule has 3 rings (SSSR count). The summed E-state index contributed by atoms with van der Waals surface area (Å²) in [6.45, 7) is 0. The lowest BCUT2D eigenvalue weighted by atomic mass is 10.2. The summed E-state index contributed by atoms with van der Waals surface area (Å²) in [5.74, 6) is 0. The molecular formula is C14H11N3. The van der Waals surface area contributed by atoms with E-state index in [0.29, 0.717) is 0 Å². The van der Waals surface area contributed by atoms with Crippen molar-refractivity contribution in [2.75, 3.05) is 5.32 Å². The van der Waals surface area contributed by atoms with E-state index in [1.807, 2.05) is 30.3 Å². The lowest BCUT2D eigenvalue weighted by Gasteiger charge is -2.06. The number of aromatic nitrogens is 2. The van der Waals surface area contributed by atoms with Gasteiger partial charge in [0.1, 0.15) is 0 Å². The van der Waals surface area contributed by atoms with E-state index in [9.17, 15) is 0 Å². The lowest BCUT2D eigenvalue weighted by molar-refractivity contribution is 1.32. The zero-order valence-electron chi connectivity index (χ0n) is 9.17. The van der Waals surface area contributed by atoms with E-state index in [0.717, 1.165) is 22.3 Å². The molecule has 0 aliphatic heterocycles. The number of pyridine rings is 2. The van der Waals surface area contributed by atoms with Gasteiger partial charge in [0.2, 0.25) is 0 Å². The third kappa shape index (κ3) is 2.08. The van der Waals surface area contributed by atoms with E-state index in [1.54, 1.807) is 18.6 Å². The smallest absolute Gasteiger partial charge is 0.0703 e. The van der Waals surface area contributed by atoms with Gasteiger partial charge in [-0.15, -0.1) is 0 Å². The number of nitrogens with one attached hydrogen (secondary N) is 1. The molecule has 2 heterocycles. The fourth-order valence-electron chi connectivity index (χ4n) is 1.76. The minimum absolute atomic E-state index is 0.982. The number of benzene rings is 1. The van der Waals surface area contributed by atoms with Crippen LogP contribution in [0.5, 0.6) is 0 Å². The van der Waals surface area contributed by atoms with Gasteiger partial charge < -0.3 is 5.32 Å². The number of rotatable bonds is 2. The van der Waals surface area contributed by atoms with E-state index in [2.05, 4.69) is 27.4 Å². The Kier molecular flexibility index (Phi) is 2.43. The molecule has 0 fully saturated rings. The molecule has 82 valence electrons. The first-order chi connectivity index (χ1) is 8.42. The molecule has 3 aromatic rings. The Morgan fingerprint density at radius 3 is 2.71 bits per heavy atom. The first-order valence-corrected chi connectivity index (χ1v) is 5.44. The van der Waals surface area contributed by atoms with Gasteiger partial charge in [-0.25, -0.2) is 0 Å². The Bertz CT molecular complexity index is 635. The van der Waals surface area contributed by atoms with Crippen molar-refractivity contribution in [3.05, 3.63) is 61.1 Å². The van der Waals surface area contributed by atoms with E-state index in [1.165, 1.54) is 0 Å². The molecule has 0 atom stereocenters. The molecule has 0 radical (unpaired) electrons. The molecule has 2 aromatic heterocycles. The molecule has 0 spiro atoms. The molecule has 0 aliphatic rings. The maximum Gasteiger partial charge on any atom is 0.0703 e. The van der Waals surface area contributed by atoms with Gasteiger partial charge in [0, 0.05) is 23.5 Å². The van der Waals surface area contributed by atoms with Crippen LogP contribution in [0, 0.1) is 0 Å². The quantitative estimate of drug-likeness (QED) is 0.721. The van der Waals surface area contributed by atoms with Crippen molar-refractivity contribution in [1.29, 1.82) is 0 Å². The summed E-state index contributed by atoms with van der Waals surface area (Å²) >= 11 is 0. The molecule has 0 saturated heterocycles. The van der Waals surface area contributed by atoms with Crippen LogP contribution < -0.4 is 5.32 Å². The van der Waals surface area contributed by atoms with Crippen molar-refractivity contribution in [2.24, 2.45) is 0 Å². The zero-order chi connectivity index (χ0) is 11.5. The van der Waals surface area contributed by atoms with Crippen LogP contribution in [0.1, 0.15) is 0 Å². The second kappa shape index (κ2) is 4.22. The summed E-state index contributed by atoms with van der Waals surface area (Å²) in [5.41, 5.74) is 3.03. The number of hydrogen-bond acceptors (Lipinski definition) is 3. The molecule has 1 N–H and O–H groups in total. The van der Waals surface area contributed by atoms with Gasteiger partial charge >= 0.3 is 0 Å². The van der Waals surface area contributed by atoms with Gasteiger partial charge in [0.05, 0.1) is 17.4 Å². The molecule has 0 bridgehead atoms. The molecular weight excluding hydrogens is 210 g/mol. The van der Waals surface area contributed by atoms with Gasteiger partial charge in [0.25, 0.3) is 0 Å². The van der Waals surface area contributed by atoms with E-state index in [4.69, 9.17) is 0 Å². The van der Waals surface area contributed by atoms with Gasteiger partial charge in [-0.2, -0.15) is 0 Å². The Balaban J connectivity index is 1.96. The van der Waals surface area contributed by atoms with Crippen LogP contribution in [0.25, 0.3) is 10.9 Å². The summed E-state index contributed by atoms with van der Waals surface area (Å²) in [4.78, 5) is 8.36. The number of anilines is 2. The van der Waals surface area contributed by atoms with Crippen molar-refractivity contribution in [1.82, 2.24) is 9.97 Å². The molecule has 0 amide bonds. The molecule has 0 aliphatic carbocycles. The van der Waals surface area contributed by atoms with Crippen LogP contribution in [0.15, 0.2) is 61.1 Å². The Labute approximate surface area is 99.2 Å². The first-order valence-electron chi connectivity index (χ1n) is 5.44. The zero-order valence-corrected chi connectivity index (χ0v) is 9.17. The summed E-state index contributed by atoms with van der Waals surface area (Å²) < 4.78 is 0. The molecule has 3 heteroatoms. The highest BCUT2D eigenvalue weighted by molar-refractivity contribution is 5.83. The van der Waals surface area contributed by atoms with Crippen molar-refractivity contribution < 1.29 is 0 Å². The normalized spacial score (nSPS) is 10.4. The predicted octanol–water partition coefficient (Wildman–Crippen LogP) is 3.37. The van der Waals surface area contributed by atoms with Crippen LogP contribution in [-0.2, 0) is 0 Å². The maximum absolute atomic E-state index is 4.29. The van der Waals surface area contributed by atoms with Gasteiger partial charge in [0.15, 0.2) is 0 Å². The highest BCUT2D eigenvalue weighted by Gasteiger charge is 1.97. The third-order valence-electron chi connectivity index (χ3n) is 2.55. The van der Waals surface area contributed by atoms with E-state index in [-0.39, 0.29) is 0 Å². The van der Waals surface area contributed by atoms with Crippen molar-refractivity contribution >= 4 is 22.3 Å². The van der Waals surface area contributed by atoms with Crippen molar-refractivity contribution in [2.45, 2.75) is 0 Å². The minimum Gasteiger partial charge on any atom is -0.354 e. The van der Waals surface area contributed by atoms with Gasteiger partial charge in [-0.1, -0.05) is 6.07 Å². The lowest BCUT2D eigenvalue weighted by Crippen LogP contribution is -1.90. The molecule has 0 saturated carbocycles. The van der Waals surface area contributed by atoms with E-state index < -0.39 is 0 Å². The number of nitrogens with zero attached hydrogens (tertiary/aromatic N) is 2. The summed E-state index contributed by atoms with van der Waals surface area (Å²) in [5, 5.41) is 4.43. The highest BCUT2D eigenvalue weighted by Crippen LogP contribution is 2.20. The largest absolute Gasteiger partial charge is 0.354 e. The standard InChI is InChI=1S/C14H11N3/c1-3-11-9-12(5-6-14(11)16-8-1)17-13-4-2-7-15-10-13/h1-10,17H. The second-order valence-electron chi connectivity index (χ2n) is 3.78. The Morgan fingerprint density at radius 1 is 0.882 bits per heavy atom. The summed E-state index contributed by atoms with van der Waals surface area (Å²) in [6, 6.07) is 14.0. The third-order valence-corrected chi connectivity index (χ3v) is 2.55. The van der Waals surface area contributed by atoms with Crippen LogP contribution in [0.3, 0.4) is 0 Å². The monoisotopic (exact) mass is 221 g/mol. The average molecular weight is 221 g/mol. The number of hydrogen-bond donors (Lipinski definition) is 1. The van der Waals surface area contributed by atoms with Gasteiger partial charge in [-0.3, -0.25) is 9.97 Å². The predicted molar refractivity (Wildman–Crippen MR) is 69.3 cm³/mol. The van der Waals surface area contributed by atoms with Crippen molar-refractivity contribution in [3.63, 3.8) is 0 Å². The summed E-state index contributed by atoms with van der Waals surface area (Å²) in [7, 11) is 0. The number of fused-ring (bicyclic) bond motifs is 1. The highest BCUT2D eigenvalue weighted by atomic mass is 14.9. The average Bonchev–Trinajstić information content (AvgIpc) is 2.40. The van der Waals surface area contributed by atoms with Gasteiger partial charge in [-0.05, 0) is 36.4 Å². The molecule has 0 unspecified atom stereocenters. The van der Waals surface area contributed by atoms with Crippen LogP contribution in [-0.4, -0.2) is 9.97 Å². The molecule has 1 aromatic carbocycles. The second-order valence-corrected chi connectivity index (χ2v) is 3.78. The fourth-order valence-corrected chi connectivity index (χ4v) is 1.76. The maximum atomic E-state index is 4.29. The van der Waals surface area contributed by atoms with E-state index >= 15 is 0 Å². The van der Waals surface area contributed by atoms with Crippen LogP contribution >= 0.6 is 0 Å². The van der Waals surface area contributed by atoms with Crippen molar-refractivity contribution in [3.8, 4) is 0 Å². The SMILES string of the molecule is c1cncc(Nc2ccc3ncccc3c2)c1.